The summed E-state index contributed by atoms with van der Waals surface area (Å²) < 4.78 is 13.8. The van der Waals surface area contributed by atoms with Gasteiger partial charge in [0.25, 0.3) is 5.91 Å². The molecular formula is C18H16FN5OS. The third kappa shape index (κ3) is 3.81. The number of nitrogens with two attached hydrogens (primary N) is 2. The molecule has 132 valence electrons. The number of anilines is 2. The van der Waals surface area contributed by atoms with Gasteiger partial charge < -0.3 is 11.1 Å². The summed E-state index contributed by atoms with van der Waals surface area (Å²) in [5.41, 5.74) is 8.48. The number of amides is 1. The summed E-state index contributed by atoms with van der Waals surface area (Å²) >= 11 is 0.792. The smallest absolute Gasteiger partial charge is 0.278 e. The molecule has 0 saturated carbocycles. The van der Waals surface area contributed by atoms with Gasteiger partial charge in [0.05, 0.1) is 16.8 Å². The minimum atomic E-state index is -0.573. The molecule has 0 spiro atoms. The van der Waals surface area contributed by atoms with Gasteiger partial charge in [-0.25, -0.2) is 14.4 Å². The predicted octanol–water partition coefficient (Wildman–Crippen LogP) is 3.39. The third-order valence-corrected chi connectivity index (χ3v) is 4.26. The van der Waals surface area contributed by atoms with Crippen molar-refractivity contribution in [2.24, 2.45) is 5.14 Å². The summed E-state index contributed by atoms with van der Waals surface area (Å²) in [6.45, 7) is 1.98. The van der Waals surface area contributed by atoms with Crippen molar-refractivity contribution in [3.05, 3.63) is 65.7 Å². The lowest BCUT2D eigenvalue weighted by atomic mass is 10.1. The molecule has 1 aromatic heterocycles. The highest BCUT2D eigenvalue weighted by Crippen LogP contribution is 2.22. The van der Waals surface area contributed by atoms with Crippen molar-refractivity contribution in [3.63, 3.8) is 0 Å². The van der Waals surface area contributed by atoms with Crippen LogP contribution in [0, 0.1) is 12.7 Å². The number of aromatic nitrogens is 2. The fourth-order valence-electron chi connectivity index (χ4n) is 2.29. The summed E-state index contributed by atoms with van der Waals surface area (Å²) in [6.07, 6.45) is 1.50. The predicted molar refractivity (Wildman–Crippen MR) is 101 cm³/mol. The zero-order valence-corrected chi connectivity index (χ0v) is 14.7. The fraction of sp³-hybridized carbons (Fsp3) is 0.0556. The maximum atomic E-state index is 13.8. The first kappa shape index (κ1) is 17.8. The Morgan fingerprint density at radius 1 is 1.19 bits per heavy atom. The molecule has 3 rings (SSSR count). The second-order valence-corrected chi connectivity index (χ2v) is 6.25. The van der Waals surface area contributed by atoms with Crippen molar-refractivity contribution in [2.45, 2.75) is 11.8 Å². The summed E-state index contributed by atoms with van der Waals surface area (Å²) in [5.74, 6) is -1.10. The molecule has 0 saturated heterocycles. The van der Waals surface area contributed by atoms with E-state index in [0.717, 1.165) is 23.1 Å². The Hall–Kier alpha value is -2.97. The molecule has 6 nitrogen and oxygen atoms in total. The lowest BCUT2D eigenvalue weighted by molar-refractivity contribution is 0.102. The molecule has 0 radical (unpaired) electrons. The average molecular weight is 369 g/mol. The van der Waals surface area contributed by atoms with Gasteiger partial charge in [-0.2, -0.15) is 0 Å². The van der Waals surface area contributed by atoms with Crippen LogP contribution in [-0.4, -0.2) is 15.9 Å². The number of benzene rings is 2. The number of nitrogen functional groups attached to an aromatic ring is 1. The Kier molecular flexibility index (Phi) is 5.15. The van der Waals surface area contributed by atoms with Crippen LogP contribution in [0.25, 0.3) is 11.3 Å². The molecule has 5 N–H and O–H groups in total. The zero-order valence-electron chi connectivity index (χ0n) is 13.9. The molecule has 0 aliphatic carbocycles. The SMILES string of the molecule is Cc1ccc(-c2cnc(N)c(C(=O)Nc3ccc(SN)c(F)c3)n2)cc1. The maximum absolute atomic E-state index is 13.8. The molecule has 26 heavy (non-hydrogen) atoms. The number of hydrogen-bond donors (Lipinski definition) is 3. The number of nitrogens with one attached hydrogen (secondary N) is 1. The Labute approximate surface area is 154 Å². The number of carbonyl (C=O) groups is 1. The van der Waals surface area contributed by atoms with E-state index in [9.17, 15) is 9.18 Å². The molecule has 0 bridgehead atoms. The second kappa shape index (κ2) is 7.51. The number of carbonyl (C=O) groups excluding carboxylic acids is 1. The number of halogens is 1. The van der Waals surface area contributed by atoms with Gasteiger partial charge in [0, 0.05) is 11.3 Å². The first-order valence-electron chi connectivity index (χ1n) is 7.65. The largest absolute Gasteiger partial charge is 0.382 e. The number of aryl methyl sites for hydroxylation is 1. The molecule has 8 heteroatoms. The van der Waals surface area contributed by atoms with Crippen molar-refractivity contribution in [1.82, 2.24) is 9.97 Å². The van der Waals surface area contributed by atoms with Crippen molar-refractivity contribution in [1.29, 1.82) is 0 Å². The number of hydrogen-bond acceptors (Lipinski definition) is 6. The molecule has 0 aliphatic rings. The summed E-state index contributed by atoms with van der Waals surface area (Å²) in [4.78, 5) is 21.1. The molecular weight excluding hydrogens is 353 g/mol. The zero-order chi connectivity index (χ0) is 18.7. The Morgan fingerprint density at radius 2 is 1.92 bits per heavy atom. The van der Waals surface area contributed by atoms with Crippen LogP contribution >= 0.6 is 11.9 Å². The first-order chi connectivity index (χ1) is 12.5. The number of nitrogens with zero attached hydrogens (tertiary/aromatic N) is 2. The average Bonchev–Trinajstić information content (AvgIpc) is 2.63. The third-order valence-electron chi connectivity index (χ3n) is 3.68. The van der Waals surface area contributed by atoms with Crippen LogP contribution in [-0.2, 0) is 0 Å². The van der Waals surface area contributed by atoms with Crippen LogP contribution in [0.1, 0.15) is 16.1 Å². The Balaban J connectivity index is 1.88. The van der Waals surface area contributed by atoms with E-state index in [0.29, 0.717) is 5.69 Å². The first-order valence-corrected chi connectivity index (χ1v) is 8.53. The van der Waals surface area contributed by atoms with Crippen LogP contribution < -0.4 is 16.2 Å². The van der Waals surface area contributed by atoms with Crippen LogP contribution in [0.2, 0.25) is 0 Å². The topological polar surface area (TPSA) is 107 Å². The summed E-state index contributed by atoms with van der Waals surface area (Å²) in [5, 5.41) is 7.92. The number of rotatable bonds is 4. The van der Waals surface area contributed by atoms with Gasteiger partial charge in [-0.05, 0) is 37.1 Å². The van der Waals surface area contributed by atoms with Crippen molar-refractivity contribution in [3.8, 4) is 11.3 Å². The van der Waals surface area contributed by atoms with Crippen LogP contribution in [0.5, 0.6) is 0 Å². The van der Waals surface area contributed by atoms with Crippen molar-refractivity contribution < 1.29 is 9.18 Å². The standard InChI is InChI=1S/C18H16FN5OS/c1-10-2-4-11(5-3-10)14-9-22-17(20)16(24-14)18(25)23-12-6-7-15(26-21)13(19)8-12/h2-9H,21H2,1H3,(H2,20,22)(H,23,25). The minimum absolute atomic E-state index is 0.00651. The fourth-order valence-corrected chi connectivity index (χ4v) is 2.61. The van der Waals surface area contributed by atoms with Gasteiger partial charge in [-0.3, -0.25) is 9.93 Å². The molecule has 1 heterocycles. The van der Waals surface area contributed by atoms with E-state index in [1.54, 1.807) is 6.07 Å². The van der Waals surface area contributed by atoms with Crippen molar-refractivity contribution in [2.75, 3.05) is 11.1 Å². The van der Waals surface area contributed by atoms with Gasteiger partial charge in [0.2, 0.25) is 0 Å². The lowest BCUT2D eigenvalue weighted by Crippen LogP contribution is -2.17. The van der Waals surface area contributed by atoms with E-state index in [1.807, 2.05) is 31.2 Å². The van der Waals surface area contributed by atoms with Gasteiger partial charge in [0.15, 0.2) is 11.5 Å². The minimum Gasteiger partial charge on any atom is -0.382 e. The van der Waals surface area contributed by atoms with E-state index < -0.39 is 11.7 Å². The lowest BCUT2D eigenvalue weighted by Gasteiger charge is -2.09. The maximum Gasteiger partial charge on any atom is 0.278 e. The molecule has 0 atom stereocenters. The highest BCUT2D eigenvalue weighted by Gasteiger charge is 2.16. The molecule has 0 unspecified atom stereocenters. The van der Waals surface area contributed by atoms with E-state index in [1.165, 1.54) is 18.3 Å². The van der Waals surface area contributed by atoms with Crippen LogP contribution in [0.4, 0.5) is 15.9 Å². The second-order valence-electron chi connectivity index (χ2n) is 5.57. The van der Waals surface area contributed by atoms with Crippen LogP contribution in [0.15, 0.2) is 53.6 Å². The molecule has 0 aliphatic heterocycles. The van der Waals surface area contributed by atoms with Gasteiger partial charge in [0.1, 0.15) is 5.82 Å². The van der Waals surface area contributed by atoms with Crippen molar-refractivity contribution >= 4 is 29.4 Å². The Bertz CT molecular complexity index is 962. The van der Waals surface area contributed by atoms with E-state index >= 15 is 0 Å². The van der Waals surface area contributed by atoms with E-state index in [4.69, 9.17) is 10.9 Å². The highest BCUT2D eigenvalue weighted by molar-refractivity contribution is 7.97. The quantitative estimate of drug-likeness (QED) is 0.609. The molecule has 1 amide bonds. The van der Waals surface area contributed by atoms with E-state index in [2.05, 4.69) is 15.3 Å². The van der Waals surface area contributed by atoms with E-state index in [-0.39, 0.29) is 22.1 Å². The summed E-state index contributed by atoms with van der Waals surface area (Å²) in [7, 11) is 0. The molecule has 3 aromatic rings. The normalized spacial score (nSPS) is 10.6. The monoisotopic (exact) mass is 369 g/mol. The molecule has 2 aromatic carbocycles. The molecule has 0 fully saturated rings. The van der Waals surface area contributed by atoms with Gasteiger partial charge >= 0.3 is 0 Å². The van der Waals surface area contributed by atoms with Crippen LogP contribution in [0.3, 0.4) is 0 Å². The summed E-state index contributed by atoms with van der Waals surface area (Å²) in [6, 6.07) is 11.9. The van der Waals surface area contributed by atoms with Gasteiger partial charge in [-0.15, -0.1) is 0 Å². The Morgan fingerprint density at radius 3 is 2.58 bits per heavy atom. The highest BCUT2D eigenvalue weighted by atomic mass is 32.2. The van der Waals surface area contributed by atoms with Gasteiger partial charge in [-0.1, -0.05) is 29.8 Å².